The van der Waals surface area contributed by atoms with E-state index in [2.05, 4.69) is 26.1 Å². The van der Waals surface area contributed by atoms with Crippen LogP contribution in [0.4, 0.5) is 0 Å². The Bertz CT molecular complexity index is 348. The lowest BCUT2D eigenvalue weighted by Gasteiger charge is -2.22. The molecule has 0 aliphatic rings. The van der Waals surface area contributed by atoms with Crippen LogP contribution in [0.25, 0.3) is 0 Å². The quantitative estimate of drug-likeness (QED) is 0.798. The Morgan fingerprint density at radius 1 is 1.29 bits per heavy atom. The molecule has 0 bridgehead atoms. The van der Waals surface area contributed by atoms with Gasteiger partial charge in [0.2, 0.25) is 0 Å². The summed E-state index contributed by atoms with van der Waals surface area (Å²) in [6, 6.07) is 6.28. The highest BCUT2D eigenvalue weighted by Gasteiger charge is 2.12. The Morgan fingerprint density at radius 2 is 1.94 bits per heavy atom. The maximum atomic E-state index is 9.55. The number of phenolic OH excluding ortho intramolecular Hbond substituents is 1. The molecule has 0 aromatic heterocycles. The first-order valence-corrected chi connectivity index (χ1v) is 6.25. The van der Waals surface area contributed by atoms with Gasteiger partial charge in [0.15, 0.2) is 11.5 Å². The zero-order valence-corrected chi connectivity index (χ0v) is 11.2. The summed E-state index contributed by atoms with van der Waals surface area (Å²) in [7, 11) is 1.57. The van der Waals surface area contributed by atoms with Crippen molar-refractivity contribution < 1.29 is 9.84 Å². The molecule has 0 aliphatic heterocycles. The van der Waals surface area contributed by atoms with Crippen molar-refractivity contribution in [1.29, 1.82) is 0 Å². The van der Waals surface area contributed by atoms with Crippen LogP contribution >= 0.6 is 0 Å². The molecule has 1 atom stereocenters. The summed E-state index contributed by atoms with van der Waals surface area (Å²) in [4.78, 5) is 0. The molecule has 0 spiro atoms. The summed E-state index contributed by atoms with van der Waals surface area (Å²) in [5, 5.41) is 13.1. The van der Waals surface area contributed by atoms with Crippen molar-refractivity contribution in [2.75, 3.05) is 7.11 Å². The molecule has 0 heterocycles. The van der Waals surface area contributed by atoms with Gasteiger partial charge in [0, 0.05) is 12.1 Å². The molecule has 17 heavy (non-hydrogen) atoms. The first kappa shape index (κ1) is 13.8. The van der Waals surface area contributed by atoms with Crippen LogP contribution in [0.2, 0.25) is 0 Å². The fourth-order valence-electron chi connectivity index (χ4n) is 1.94. The minimum Gasteiger partial charge on any atom is -0.504 e. The Balaban J connectivity index is 2.78. The number of benzene rings is 1. The average molecular weight is 237 g/mol. The van der Waals surface area contributed by atoms with Crippen molar-refractivity contribution >= 4 is 0 Å². The van der Waals surface area contributed by atoms with Gasteiger partial charge in [-0.15, -0.1) is 0 Å². The van der Waals surface area contributed by atoms with Crippen LogP contribution in [-0.2, 0) is 0 Å². The van der Waals surface area contributed by atoms with E-state index in [9.17, 15) is 5.11 Å². The van der Waals surface area contributed by atoms with Crippen LogP contribution < -0.4 is 10.1 Å². The predicted octanol–water partition coefficient (Wildman–Crippen LogP) is 3.24. The van der Waals surface area contributed by atoms with Crippen molar-refractivity contribution in [2.45, 2.75) is 45.7 Å². The number of hydrogen-bond acceptors (Lipinski definition) is 3. The van der Waals surface area contributed by atoms with Crippen LogP contribution in [0.15, 0.2) is 18.2 Å². The van der Waals surface area contributed by atoms with Gasteiger partial charge in [-0.3, -0.25) is 0 Å². The zero-order valence-electron chi connectivity index (χ0n) is 11.2. The summed E-state index contributed by atoms with van der Waals surface area (Å²) in [5.74, 6) is 0.715. The number of rotatable bonds is 6. The predicted molar refractivity (Wildman–Crippen MR) is 70.6 cm³/mol. The second kappa shape index (κ2) is 6.50. The average Bonchev–Trinajstić information content (AvgIpc) is 2.36. The highest BCUT2D eigenvalue weighted by Crippen LogP contribution is 2.29. The molecule has 1 rings (SSSR count). The van der Waals surface area contributed by atoms with Crippen molar-refractivity contribution in [1.82, 2.24) is 5.32 Å². The Hall–Kier alpha value is -1.22. The summed E-state index contributed by atoms with van der Waals surface area (Å²) < 4.78 is 5.12. The van der Waals surface area contributed by atoms with Crippen LogP contribution in [0.1, 0.15) is 45.2 Å². The van der Waals surface area contributed by atoms with Gasteiger partial charge in [0.25, 0.3) is 0 Å². The number of nitrogens with one attached hydrogen (secondary N) is 1. The molecule has 0 radical (unpaired) electrons. The summed E-state index contributed by atoms with van der Waals surface area (Å²) >= 11 is 0. The van der Waals surface area contributed by atoms with E-state index in [0.717, 1.165) is 18.4 Å². The van der Waals surface area contributed by atoms with Gasteiger partial charge >= 0.3 is 0 Å². The van der Waals surface area contributed by atoms with Crippen molar-refractivity contribution in [3.63, 3.8) is 0 Å². The van der Waals surface area contributed by atoms with Crippen LogP contribution in [-0.4, -0.2) is 18.3 Å². The molecule has 3 nitrogen and oxygen atoms in total. The van der Waals surface area contributed by atoms with E-state index in [1.807, 2.05) is 12.1 Å². The molecule has 2 N–H and O–H groups in total. The van der Waals surface area contributed by atoms with Gasteiger partial charge in [-0.1, -0.05) is 19.9 Å². The minimum absolute atomic E-state index is 0.186. The topological polar surface area (TPSA) is 41.5 Å². The molecule has 0 amide bonds. The lowest BCUT2D eigenvalue weighted by Crippen LogP contribution is -2.30. The fraction of sp³-hybridized carbons (Fsp3) is 0.571. The molecule has 0 saturated heterocycles. The first-order valence-electron chi connectivity index (χ1n) is 6.25. The fourth-order valence-corrected chi connectivity index (χ4v) is 1.94. The van der Waals surface area contributed by atoms with E-state index in [1.165, 1.54) is 0 Å². The summed E-state index contributed by atoms with van der Waals surface area (Å²) in [5.41, 5.74) is 1.13. The second-order valence-electron chi connectivity index (χ2n) is 4.33. The van der Waals surface area contributed by atoms with Crippen LogP contribution in [0.5, 0.6) is 11.5 Å². The molecule has 96 valence electrons. The molecule has 0 saturated carbocycles. The van der Waals surface area contributed by atoms with Crippen molar-refractivity contribution in [3.05, 3.63) is 23.8 Å². The van der Waals surface area contributed by atoms with Crippen molar-refractivity contribution in [2.24, 2.45) is 0 Å². The smallest absolute Gasteiger partial charge is 0.160 e. The third-order valence-corrected chi connectivity index (χ3v) is 3.18. The molecule has 0 fully saturated rings. The third-order valence-electron chi connectivity index (χ3n) is 3.18. The van der Waals surface area contributed by atoms with Gasteiger partial charge in [-0.25, -0.2) is 0 Å². The standard InChI is InChI=1S/C14H23NO2/c1-5-12(6-2)15-10(3)11-7-8-13(16)14(9-11)17-4/h7-10,12,15-16H,5-6H2,1-4H3. The van der Waals surface area contributed by atoms with E-state index >= 15 is 0 Å². The SMILES string of the molecule is CCC(CC)NC(C)c1ccc(O)c(OC)c1. The van der Waals surface area contributed by atoms with E-state index in [-0.39, 0.29) is 11.8 Å². The number of hydrogen-bond donors (Lipinski definition) is 2. The summed E-state index contributed by atoms with van der Waals surface area (Å²) in [6.45, 7) is 6.50. The molecule has 3 heteroatoms. The monoisotopic (exact) mass is 237 g/mol. The number of aromatic hydroxyl groups is 1. The molecule has 1 unspecified atom stereocenters. The van der Waals surface area contributed by atoms with Gasteiger partial charge in [-0.05, 0) is 37.5 Å². The van der Waals surface area contributed by atoms with Gasteiger partial charge in [-0.2, -0.15) is 0 Å². The maximum Gasteiger partial charge on any atom is 0.160 e. The van der Waals surface area contributed by atoms with Crippen LogP contribution in [0.3, 0.4) is 0 Å². The van der Waals surface area contributed by atoms with Gasteiger partial charge < -0.3 is 15.2 Å². The third kappa shape index (κ3) is 3.63. The minimum atomic E-state index is 0.186. The highest BCUT2D eigenvalue weighted by atomic mass is 16.5. The number of phenols is 1. The molecule has 1 aromatic carbocycles. The van der Waals surface area contributed by atoms with E-state index in [4.69, 9.17) is 4.74 Å². The zero-order chi connectivity index (χ0) is 12.8. The lowest BCUT2D eigenvalue weighted by atomic mass is 10.0. The largest absolute Gasteiger partial charge is 0.504 e. The maximum absolute atomic E-state index is 9.55. The number of ether oxygens (including phenoxy) is 1. The Labute approximate surface area is 104 Å². The van der Waals surface area contributed by atoms with Gasteiger partial charge in [0.05, 0.1) is 7.11 Å². The van der Waals surface area contributed by atoms with E-state index in [0.29, 0.717) is 11.8 Å². The second-order valence-corrected chi connectivity index (χ2v) is 4.33. The van der Waals surface area contributed by atoms with E-state index < -0.39 is 0 Å². The highest BCUT2D eigenvalue weighted by molar-refractivity contribution is 5.42. The first-order chi connectivity index (χ1) is 8.12. The normalized spacial score (nSPS) is 12.8. The molecule has 1 aromatic rings. The van der Waals surface area contributed by atoms with Crippen molar-refractivity contribution in [3.8, 4) is 11.5 Å². The molecule has 0 aliphatic carbocycles. The Kier molecular flexibility index (Phi) is 5.29. The van der Waals surface area contributed by atoms with Gasteiger partial charge in [0.1, 0.15) is 0 Å². The van der Waals surface area contributed by atoms with Crippen LogP contribution in [0, 0.1) is 0 Å². The van der Waals surface area contributed by atoms with E-state index in [1.54, 1.807) is 13.2 Å². The lowest BCUT2D eigenvalue weighted by molar-refractivity contribution is 0.371. The molecular formula is C14H23NO2. The summed E-state index contributed by atoms with van der Waals surface area (Å²) in [6.07, 6.45) is 2.24. The molecular weight excluding hydrogens is 214 g/mol. The number of methoxy groups -OCH3 is 1. The Morgan fingerprint density at radius 3 is 2.47 bits per heavy atom.